The molecule has 5 rings (SSSR count). The number of rotatable bonds is 4. The molecule has 2 fully saturated rings. The smallest absolute Gasteiger partial charge is 0.355 e. The first-order valence-electron chi connectivity index (χ1n) is 10.3. The minimum absolute atomic E-state index is 0.0296. The number of hydrogen-bond donors (Lipinski definition) is 0. The van der Waals surface area contributed by atoms with E-state index in [1.165, 1.54) is 18.5 Å². The van der Waals surface area contributed by atoms with Gasteiger partial charge in [-0.2, -0.15) is 18.3 Å². The Bertz CT molecular complexity index is 1120. The third kappa shape index (κ3) is 3.82. The number of aromatic nitrogens is 5. The van der Waals surface area contributed by atoms with E-state index in [0.29, 0.717) is 43.2 Å². The summed E-state index contributed by atoms with van der Waals surface area (Å²) in [6.07, 6.45) is -1.87. The summed E-state index contributed by atoms with van der Waals surface area (Å²) in [7, 11) is 0. The van der Waals surface area contributed by atoms with Gasteiger partial charge in [0.1, 0.15) is 23.7 Å². The maximum absolute atomic E-state index is 13.4. The van der Waals surface area contributed by atoms with Gasteiger partial charge in [0.2, 0.25) is 0 Å². The van der Waals surface area contributed by atoms with Gasteiger partial charge in [-0.3, -0.25) is 0 Å². The molecule has 2 aliphatic rings. The van der Waals surface area contributed by atoms with Crippen LogP contribution in [0.5, 0.6) is 0 Å². The Balaban J connectivity index is 1.35. The molecule has 0 saturated carbocycles. The molecule has 170 valence electrons. The Kier molecular flexibility index (Phi) is 5.09. The van der Waals surface area contributed by atoms with Gasteiger partial charge in [-0.1, -0.05) is 0 Å². The van der Waals surface area contributed by atoms with Crippen LogP contribution in [0.1, 0.15) is 12.0 Å². The highest BCUT2D eigenvalue weighted by Gasteiger charge is 2.42. The van der Waals surface area contributed by atoms with Gasteiger partial charge in [0.25, 0.3) is 6.43 Å². The third-order valence-corrected chi connectivity index (χ3v) is 6.16. The van der Waals surface area contributed by atoms with Gasteiger partial charge in [-0.25, -0.2) is 28.4 Å². The van der Waals surface area contributed by atoms with Crippen molar-refractivity contribution in [2.75, 3.05) is 36.0 Å². The monoisotopic (exact) mass is 453 g/mol. The topological polar surface area (TPSA) is 63.0 Å². The van der Waals surface area contributed by atoms with Crippen molar-refractivity contribution < 1.29 is 22.0 Å². The number of nitrogens with zero attached hydrogens (tertiary/aromatic N) is 7. The number of anilines is 2. The van der Waals surface area contributed by atoms with Crippen LogP contribution < -0.4 is 9.80 Å². The Morgan fingerprint density at radius 2 is 1.81 bits per heavy atom. The average Bonchev–Trinajstić information content (AvgIpc) is 3.36. The zero-order chi connectivity index (χ0) is 22.5. The molecular formula is C20H20F5N7. The van der Waals surface area contributed by atoms with Crippen molar-refractivity contribution in [2.24, 2.45) is 11.8 Å². The predicted molar refractivity (Wildman–Crippen MR) is 107 cm³/mol. The van der Waals surface area contributed by atoms with Crippen LogP contribution in [0, 0.1) is 11.8 Å². The highest BCUT2D eigenvalue weighted by atomic mass is 19.4. The molecule has 5 heterocycles. The van der Waals surface area contributed by atoms with E-state index < -0.39 is 24.7 Å². The highest BCUT2D eigenvalue weighted by molar-refractivity contribution is 5.71. The van der Waals surface area contributed by atoms with E-state index in [1.807, 2.05) is 4.90 Å². The first-order valence-corrected chi connectivity index (χ1v) is 10.3. The number of alkyl halides is 5. The van der Waals surface area contributed by atoms with E-state index in [1.54, 1.807) is 11.1 Å². The highest BCUT2D eigenvalue weighted by Crippen LogP contribution is 2.40. The molecule has 0 N–H and O–H groups in total. The molecule has 0 amide bonds. The minimum atomic E-state index is -4.46. The molecule has 0 bridgehead atoms. The van der Waals surface area contributed by atoms with Crippen LogP contribution in [0.25, 0.3) is 11.2 Å². The molecular weight excluding hydrogens is 433 g/mol. The summed E-state index contributed by atoms with van der Waals surface area (Å²) in [5.41, 5.74) is 0.00606. The van der Waals surface area contributed by atoms with Crippen molar-refractivity contribution in [3.8, 4) is 0 Å². The number of pyridine rings is 1. The standard InChI is InChI=1S/C20H20F5N7/c21-16(22)11-32-19-15(6-28-32)27-7-17(29-19)30-5-3-12-8-31(10-13(12)9-30)18-14(20(23,24)25)2-1-4-26-18/h1-2,4,6-7,12-13,16H,3,5,8-11H2/t12-,13+/m0/s1. The second-order valence-corrected chi connectivity index (χ2v) is 8.19. The summed E-state index contributed by atoms with van der Waals surface area (Å²) in [6.45, 7) is 1.67. The van der Waals surface area contributed by atoms with Gasteiger partial charge in [-0.15, -0.1) is 0 Å². The summed E-state index contributed by atoms with van der Waals surface area (Å²) in [4.78, 5) is 16.6. The lowest BCUT2D eigenvalue weighted by molar-refractivity contribution is -0.137. The van der Waals surface area contributed by atoms with Crippen LogP contribution in [0.3, 0.4) is 0 Å². The first-order chi connectivity index (χ1) is 15.3. The Labute approximate surface area is 179 Å². The van der Waals surface area contributed by atoms with Crippen LogP contribution >= 0.6 is 0 Å². The van der Waals surface area contributed by atoms with E-state index >= 15 is 0 Å². The molecule has 0 aliphatic carbocycles. The Morgan fingerprint density at radius 1 is 1.03 bits per heavy atom. The first kappa shape index (κ1) is 20.8. The van der Waals surface area contributed by atoms with E-state index in [-0.39, 0.29) is 17.7 Å². The molecule has 0 unspecified atom stereocenters. The fourth-order valence-corrected chi connectivity index (χ4v) is 4.68. The van der Waals surface area contributed by atoms with Crippen LogP contribution in [0.4, 0.5) is 33.6 Å². The minimum Gasteiger partial charge on any atom is -0.355 e. The molecule has 2 atom stereocenters. The van der Waals surface area contributed by atoms with Crippen molar-refractivity contribution in [3.05, 3.63) is 36.3 Å². The van der Waals surface area contributed by atoms with Gasteiger partial charge in [0, 0.05) is 32.4 Å². The van der Waals surface area contributed by atoms with Crippen molar-refractivity contribution >= 4 is 22.8 Å². The van der Waals surface area contributed by atoms with Crippen LogP contribution in [-0.4, -0.2) is 57.3 Å². The van der Waals surface area contributed by atoms with Crippen LogP contribution in [0.15, 0.2) is 30.7 Å². The van der Waals surface area contributed by atoms with Crippen molar-refractivity contribution in [3.63, 3.8) is 0 Å². The Morgan fingerprint density at radius 3 is 2.59 bits per heavy atom. The molecule has 32 heavy (non-hydrogen) atoms. The summed E-state index contributed by atoms with van der Waals surface area (Å²) >= 11 is 0. The molecule has 0 spiro atoms. The molecule has 0 radical (unpaired) electrons. The van der Waals surface area contributed by atoms with Crippen LogP contribution in [0.2, 0.25) is 0 Å². The summed E-state index contributed by atoms with van der Waals surface area (Å²) in [5.74, 6) is 0.906. The van der Waals surface area contributed by atoms with E-state index in [9.17, 15) is 22.0 Å². The molecule has 0 aromatic carbocycles. The molecule has 3 aromatic heterocycles. The van der Waals surface area contributed by atoms with Gasteiger partial charge in [0.05, 0.1) is 18.0 Å². The quantitative estimate of drug-likeness (QED) is 0.564. The molecule has 2 aliphatic heterocycles. The van der Waals surface area contributed by atoms with Crippen molar-refractivity contribution in [1.29, 1.82) is 0 Å². The predicted octanol–water partition coefficient (Wildman–Crippen LogP) is 3.47. The summed E-state index contributed by atoms with van der Waals surface area (Å²) in [6, 6.07) is 2.36. The molecule has 3 aromatic rings. The SMILES string of the molecule is FC(F)Cn1ncc2ncc(N3CC[C@H]4CN(c5ncccc5C(F)(F)F)C[C@H]4C3)nc21. The molecule has 2 saturated heterocycles. The number of fused-ring (bicyclic) bond motifs is 2. The van der Waals surface area contributed by atoms with E-state index in [0.717, 1.165) is 17.2 Å². The average molecular weight is 453 g/mol. The Hall–Kier alpha value is -3.05. The van der Waals surface area contributed by atoms with E-state index in [2.05, 4.69) is 20.1 Å². The number of hydrogen-bond acceptors (Lipinski definition) is 6. The zero-order valence-electron chi connectivity index (χ0n) is 16.9. The second kappa shape index (κ2) is 7.82. The van der Waals surface area contributed by atoms with Gasteiger partial charge < -0.3 is 9.80 Å². The lowest BCUT2D eigenvalue weighted by Crippen LogP contribution is -2.40. The van der Waals surface area contributed by atoms with Gasteiger partial charge in [-0.05, 0) is 30.4 Å². The fourth-order valence-electron chi connectivity index (χ4n) is 4.68. The zero-order valence-corrected chi connectivity index (χ0v) is 16.9. The van der Waals surface area contributed by atoms with Crippen molar-refractivity contribution in [2.45, 2.75) is 25.6 Å². The van der Waals surface area contributed by atoms with E-state index in [4.69, 9.17) is 0 Å². The van der Waals surface area contributed by atoms with Crippen molar-refractivity contribution in [1.82, 2.24) is 24.7 Å². The lowest BCUT2D eigenvalue weighted by Gasteiger charge is -2.34. The fraction of sp³-hybridized carbons (Fsp3) is 0.500. The van der Waals surface area contributed by atoms with Gasteiger partial charge >= 0.3 is 6.18 Å². The molecule has 7 nitrogen and oxygen atoms in total. The van der Waals surface area contributed by atoms with Gasteiger partial charge in [0.15, 0.2) is 5.65 Å². The number of piperidine rings is 1. The maximum atomic E-state index is 13.4. The third-order valence-electron chi connectivity index (χ3n) is 6.16. The summed E-state index contributed by atoms with van der Waals surface area (Å²) < 4.78 is 67.0. The lowest BCUT2D eigenvalue weighted by atomic mass is 9.89. The summed E-state index contributed by atoms with van der Waals surface area (Å²) in [5, 5.41) is 3.93. The second-order valence-electron chi connectivity index (χ2n) is 8.19. The largest absolute Gasteiger partial charge is 0.419 e. The molecule has 12 heteroatoms. The maximum Gasteiger partial charge on any atom is 0.419 e. The van der Waals surface area contributed by atoms with Crippen LogP contribution in [-0.2, 0) is 12.7 Å². The normalized spacial score (nSPS) is 21.6. The number of halogens is 5.